The number of nitrogens with zero attached hydrogens (tertiary/aromatic N) is 1. The molecule has 6 heteroatoms. The Kier molecular flexibility index (Phi) is 3.20. The van der Waals surface area contributed by atoms with Crippen LogP contribution in [0.2, 0.25) is 0 Å². The molecule has 1 rings (SSSR count). The lowest BCUT2D eigenvalue weighted by molar-refractivity contribution is 0.195. The van der Waals surface area contributed by atoms with E-state index < -0.39 is 16.1 Å². The molecular weight excluding hydrogens is 204 g/mol. The van der Waals surface area contributed by atoms with E-state index in [2.05, 4.69) is 4.98 Å². The fraction of sp³-hybridized carbons (Fsp3) is 0.375. The van der Waals surface area contributed by atoms with Gasteiger partial charge in [-0.3, -0.25) is 4.98 Å². The number of primary sulfonamides is 1. The van der Waals surface area contributed by atoms with Gasteiger partial charge >= 0.3 is 0 Å². The molecule has 1 heterocycles. The summed E-state index contributed by atoms with van der Waals surface area (Å²) in [5.41, 5.74) is 0.645. The lowest BCUT2D eigenvalue weighted by Crippen LogP contribution is -2.13. The molecule has 0 radical (unpaired) electrons. The van der Waals surface area contributed by atoms with Crippen LogP contribution < -0.4 is 5.14 Å². The summed E-state index contributed by atoms with van der Waals surface area (Å²) in [6.45, 7) is 1.61. The van der Waals surface area contributed by atoms with E-state index in [-0.39, 0.29) is 4.90 Å². The van der Waals surface area contributed by atoms with E-state index in [0.29, 0.717) is 12.0 Å². The second-order valence-electron chi connectivity index (χ2n) is 3.13. The maximum atomic E-state index is 10.9. The quantitative estimate of drug-likeness (QED) is 0.722. The van der Waals surface area contributed by atoms with E-state index in [4.69, 9.17) is 10.2 Å². The summed E-state index contributed by atoms with van der Waals surface area (Å²) < 4.78 is 21.9. The van der Waals surface area contributed by atoms with Gasteiger partial charge in [-0.25, -0.2) is 13.6 Å². The topological polar surface area (TPSA) is 93.3 Å². The predicted octanol–water partition coefficient (Wildman–Crippen LogP) is -0.348. The third kappa shape index (κ3) is 3.06. The molecule has 0 unspecified atom stereocenters. The Labute approximate surface area is 82.6 Å². The predicted molar refractivity (Wildman–Crippen MR) is 51.0 cm³/mol. The normalized spacial score (nSPS) is 13.9. The van der Waals surface area contributed by atoms with Gasteiger partial charge in [0.05, 0.1) is 6.10 Å². The first-order valence-corrected chi connectivity index (χ1v) is 5.59. The van der Waals surface area contributed by atoms with Crippen molar-refractivity contribution in [2.75, 3.05) is 0 Å². The number of aliphatic hydroxyl groups excluding tert-OH is 1. The van der Waals surface area contributed by atoms with Crippen LogP contribution in [0.3, 0.4) is 0 Å². The van der Waals surface area contributed by atoms with E-state index in [1.807, 2.05) is 0 Å². The largest absolute Gasteiger partial charge is 0.393 e. The van der Waals surface area contributed by atoms with Crippen molar-refractivity contribution in [2.24, 2.45) is 5.14 Å². The highest BCUT2D eigenvalue weighted by Gasteiger charge is 2.09. The summed E-state index contributed by atoms with van der Waals surface area (Å²) in [6.07, 6.45) is 2.51. The standard InChI is InChI=1S/C8H12N2O3S/c1-6(11)2-7-3-8(5-10-4-7)14(9,12)13/h3-6,11H,2H2,1H3,(H2,9,12,13)/t6-/m0/s1. The van der Waals surface area contributed by atoms with Crippen LogP contribution in [0.15, 0.2) is 23.4 Å². The fourth-order valence-corrected chi connectivity index (χ4v) is 1.60. The molecule has 14 heavy (non-hydrogen) atoms. The highest BCUT2D eigenvalue weighted by molar-refractivity contribution is 7.89. The Hall–Kier alpha value is -0.980. The van der Waals surface area contributed by atoms with E-state index in [0.717, 1.165) is 0 Å². The maximum Gasteiger partial charge on any atom is 0.239 e. The van der Waals surface area contributed by atoms with Gasteiger partial charge in [0.25, 0.3) is 0 Å². The lowest BCUT2D eigenvalue weighted by Gasteiger charge is -2.04. The van der Waals surface area contributed by atoms with Gasteiger partial charge < -0.3 is 5.11 Å². The van der Waals surface area contributed by atoms with Gasteiger partial charge in [0.1, 0.15) is 4.90 Å². The third-order valence-electron chi connectivity index (χ3n) is 1.63. The highest BCUT2D eigenvalue weighted by Crippen LogP contribution is 2.09. The smallest absolute Gasteiger partial charge is 0.239 e. The summed E-state index contributed by atoms with van der Waals surface area (Å²) in [4.78, 5) is 3.70. The monoisotopic (exact) mass is 216 g/mol. The molecule has 5 nitrogen and oxygen atoms in total. The second-order valence-corrected chi connectivity index (χ2v) is 4.69. The number of rotatable bonds is 3. The molecule has 0 spiro atoms. The van der Waals surface area contributed by atoms with Gasteiger partial charge in [0.2, 0.25) is 10.0 Å². The average molecular weight is 216 g/mol. The van der Waals surface area contributed by atoms with Gasteiger partial charge in [-0.1, -0.05) is 0 Å². The highest BCUT2D eigenvalue weighted by atomic mass is 32.2. The number of aromatic nitrogens is 1. The van der Waals surface area contributed by atoms with Crippen LogP contribution in [0.25, 0.3) is 0 Å². The molecule has 0 aliphatic carbocycles. The van der Waals surface area contributed by atoms with Crippen LogP contribution in [0.1, 0.15) is 12.5 Å². The number of aliphatic hydroxyl groups is 1. The first-order valence-electron chi connectivity index (χ1n) is 4.04. The molecular formula is C8H12N2O3S. The molecule has 1 atom stereocenters. The van der Waals surface area contributed by atoms with Crippen molar-refractivity contribution in [1.82, 2.24) is 4.98 Å². The second kappa shape index (κ2) is 4.04. The molecule has 0 aliphatic heterocycles. The zero-order valence-corrected chi connectivity index (χ0v) is 8.53. The molecule has 0 saturated carbocycles. The lowest BCUT2D eigenvalue weighted by atomic mass is 10.1. The minimum absolute atomic E-state index is 0.0318. The number of nitrogens with two attached hydrogens (primary N) is 1. The van der Waals surface area contributed by atoms with Gasteiger partial charge in [0.15, 0.2) is 0 Å². The Bertz CT molecular complexity index is 414. The molecule has 0 fully saturated rings. The molecule has 3 N–H and O–H groups in total. The Morgan fingerprint density at radius 2 is 2.21 bits per heavy atom. The number of hydrogen-bond donors (Lipinski definition) is 2. The number of hydrogen-bond acceptors (Lipinski definition) is 4. The third-order valence-corrected chi connectivity index (χ3v) is 2.51. The van der Waals surface area contributed by atoms with Gasteiger partial charge in [-0.15, -0.1) is 0 Å². The Balaban J connectivity index is 3.02. The van der Waals surface area contributed by atoms with Gasteiger partial charge in [0, 0.05) is 12.4 Å². The molecule has 0 saturated heterocycles. The van der Waals surface area contributed by atoms with Crippen molar-refractivity contribution in [3.8, 4) is 0 Å². The summed E-state index contributed by atoms with van der Waals surface area (Å²) in [6, 6.07) is 1.41. The van der Waals surface area contributed by atoms with Crippen LogP contribution in [-0.4, -0.2) is 24.6 Å². The van der Waals surface area contributed by atoms with Gasteiger partial charge in [-0.2, -0.15) is 0 Å². The molecule has 78 valence electrons. The zero-order chi connectivity index (χ0) is 10.8. The number of sulfonamides is 1. The Morgan fingerprint density at radius 3 is 2.71 bits per heavy atom. The van der Waals surface area contributed by atoms with E-state index >= 15 is 0 Å². The van der Waals surface area contributed by atoms with Crippen molar-refractivity contribution in [3.63, 3.8) is 0 Å². The summed E-state index contributed by atoms with van der Waals surface area (Å²) in [7, 11) is -3.71. The van der Waals surface area contributed by atoms with Crippen molar-refractivity contribution in [3.05, 3.63) is 24.0 Å². The SMILES string of the molecule is C[C@H](O)Cc1cncc(S(N)(=O)=O)c1. The molecule has 0 aromatic carbocycles. The van der Waals surface area contributed by atoms with Crippen LogP contribution in [0.5, 0.6) is 0 Å². The molecule has 0 bridgehead atoms. The van der Waals surface area contributed by atoms with Gasteiger partial charge in [-0.05, 0) is 25.0 Å². The van der Waals surface area contributed by atoms with Crippen molar-refractivity contribution in [2.45, 2.75) is 24.3 Å². The maximum absolute atomic E-state index is 10.9. The van der Waals surface area contributed by atoms with E-state index in [1.54, 1.807) is 6.92 Å². The molecule has 0 amide bonds. The Morgan fingerprint density at radius 1 is 1.57 bits per heavy atom. The van der Waals surface area contributed by atoms with Crippen LogP contribution in [0, 0.1) is 0 Å². The molecule has 1 aromatic rings. The zero-order valence-electron chi connectivity index (χ0n) is 7.71. The fourth-order valence-electron chi connectivity index (χ4n) is 1.07. The summed E-state index contributed by atoms with van der Waals surface area (Å²) >= 11 is 0. The van der Waals surface area contributed by atoms with Crippen molar-refractivity contribution < 1.29 is 13.5 Å². The molecule has 1 aromatic heterocycles. The van der Waals surface area contributed by atoms with Crippen LogP contribution in [-0.2, 0) is 16.4 Å². The number of pyridine rings is 1. The van der Waals surface area contributed by atoms with Crippen molar-refractivity contribution in [1.29, 1.82) is 0 Å². The van der Waals surface area contributed by atoms with Crippen LogP contribution >= 0.6 is 0 Å². The summed E-state index contributed by atoms with van der Waals surface area (Å²) in [5.74, 6) is 0. The minimum atomic E-state index is -3.71. The van der Waals surface area contributed by atoms with E-state index in [9.17, 15) is 8.42 Å². The van der Waals surface area contributed by atoms with Crippen LogP contribution in [0.4, 0.5) is 0 Å². The average Bonchev–Trinajstić information content (AvgIpc) is 2.01. The molecule has 0 aliphatic rings. The first-order chi connectivity index (χ1) is 6.39. The summed E-state index contributed by atoms with van der Waals surface area (Å²) in [5, 5.41) is 14.0. The first kappa shape index (κ1) is 11.1. The van der Waals surface area contributed by atoms with E-state index in [1.165, 1.54) is 18.5 Å². The van der Waals surface area contributed by atoms with Crippen molar-refractivity contribution >= 4 is 10.0 Å². The minimum Gasteiger partial charge on any atom is -0.393 e.